The van der Waals surface area contributed by atoms with Crippen molar-refractivity contribution in [3.8, 4) is 0 Å². The number of halogens is 2. The van der Waals surface area contributed by atoms with Crippen LogP contribution in [0.3, 0.4) is 0 Å². The molecular formula is C9H11Cl2N. The standard InChI is InChI=1S/C9H11Cl2N/c1-6(12-2)8-4-3-7(10)5-9(8)11/h3-6,12H,1-2H3/t6-/m0/s1. The summed E-state index contributed by atoms with van der Waals surface area (Å²) in [5.41, 5.74) is 1.07. The van der Waals surface area contributed by atoms with Crippen molar-refractivity contribution in [3.63, 3.8) is 0 Å². The van der Waals surface area contributed by atoms with Crippen LogP contribution in [0.4, 0.5) is 0 Å². The SMILES string of the molecule is CN[C@@H](C)c1ccc(Cl)cc1Cl. The monoisotopic (exact) mass is 203 g/mol. The van der Waals surface area contributed by atoms with Crippen molar-refractivity contribution < 1.29 is 0 Å². The lowest BCUT2D eigenvalue weighted by atomic mass is 10.1. The smallest absolute Gasteiger partial charge is 0.0468 e. The van der Waals surface area contributed by atoms with Crippen LogP contribution < -0.4 is 5.32 Å². The molecule has 0 heterocycles. The Balaban J connectivity index is 3.01. The Kier molecular flexibility index (Phi) is 3.39. The molecule has 0 unspecified atom stereocenters. The molecule has 1 atom stereocenters. The summed E-state index contributed by atoms with van der Waals surface area (Å²) >= 11 is 11.7. The first-order valence-corrected chi connectivity index (χ1v) is 4.53. The highest BCUT2D eigenvalue weighted by molar-refractivity contribution is 6.35. The maximum absolute atomic E-state index is 5.98. The number of nitrogens with one attached hydrogen (secondary N) is 1. The van der Waals surface area contributed by atoms with Crippen molar-refractivity contribution in [3.05, 3.63) is 33.8 Å². The van der Waals surface area contributed by atoms with Gasteiger partial charge < -0.3 is 5.32 Å². The second kappa shape index (κ2) is 4.13. The largest absolute Gasteiger partial charge is 0.313 e. The van der Waals surface area contributed by atoms with Gasteiger partial charge in [-0.3, -0.25) is 0 Å². The van der Waals surface area contributed by atoms with E-state index in [0.29, 0.717) is 10.0 Å². The molecule has 0 fully saturated rings. The van der Waals surface area contributed by atoms with E-state index in [-0.39, 0.29) is 6.04 Å². The number of benzene rings is 1. The molecule has 66 valence electrons. The third-order valence-corrected chi connectivity index (χ3v) is 2.42. The summed E-state index contributed by atoms with van der Waals surface area (Å²) in [5.74, 6) is 0. The fourth-order valence-electron chi connectivity index (χ4n) is 1.01. The topological polar surface area (TPSA) is 12.0 Å². The van der Waals surface area contributed by atoms with Gasteiger partial charge >= 0.3 is 0 Å². The molecule has 0 aliphatic rings. The van der Waals surface area contributed by atoms with Crippen LogP contribution in [0, 0.1) is 0 Å². The van der Waals surface area contributed by atoms with Crippen LogP contribution in [0.25, 0.3) is 0 Å². The van der Waals surface area contributed by atoms with Gasteiger partial charge in [0.05, 0.1) is 0 Å². The summed E-state index contributed by atoms with van der Waals surface area (Å²) in [6, 6.07) is 5.80. The lowest BCUT2D eigenvalue weighted by Gasteiger charge is -2.12. The van der Waals surface area contributed by atoms with Gasteiger partial charge in [-0.05, 0) is 31.7 Å². The van der Waals surface area contributed by atoms with E-state index in [0.717, 1.165) is 5.56 Å². The summed E-state index contributed by atoms with van der Waals surface area (Å²) in [6.07, 6.45) is 0. The zero-order valence-corrected chi connectivity index (χ0v) is 8.58. The van der Waals surface area contributed by atoms with E-state index in [1.54, 1.807) is 6.07 Å². The summed E-state index contributed by atoms with van der Waals surface area (Å²) in [6.45, 7) is 2.05. The van der Waals surface area contributed by atoms with E-state index >= 15 is 0 Å². The highest BCUT2D eigenvalue weighted by Crippen LogP contribution is 2.25. The number of hydrogen-bond donors (Lipinski definition) is 1. The van der Waals surface area contributed by atoms with E-state index in [9.17, 15) is 0 Å². The zero-order valence-electron chi connectivity index (χ0n) is 7.07. The quantitative estimate of drug-likeness (QED) is 0.779. The van der Waals surface area contributed by atoms with Gasteiger partial charge in [-0.1, -0.05) is 29.3 Å². The molecule has 0 saturated carbocycles. The summed E-state index contributed by atoms with van der Waals surface area (Å²) in [5, 5.41) is 4.50. The van der Waals surface area contributed by atoms with Crippen molar-refractivity contribution in [1.29, 1.82) is 0 Å². The Labute approximate surface area is 82.7 Å². The first-order valence-electron chi connectivity index (χ1n) is 3.77. The maximum atomic E-state index is 5.98. The van der Waals surface area contributed by atoms with Crippen LogP contribution in [0.15, 0.2) is 18.2 Å². The lowest BCUT2D eigenvalue weighted by molar-refractivity contribution is 0.652. The van der Waals surface area contributed by atoms with Crippen LogP contribution >= 0.6 is 23.2 Å². The van der Waals surface area contributed by atoms with Gasteiger partial charge in [0.2, 0.25) is 0 Å². The van der Waals surface area contributed by atoms with Crippen LogP contribution in [0.1, 0.15) is 18.5 Å². The van der Waals surface area contributed by atoms with E-state index in [1.807, 2.05) is 19.2 Å². The van der Waals surface area contributed by atoms with Crippen molar-refractivity contribution in [2.24, 2.45) is 0 Å². The minimum atomic E-state index is 0.259. The molecule has 0 aromatic heterocycles. The Bertz CT molecular complexity index is 273. The van der Waals surface area contributed by atoms with E-state index < -0.39 is 0 Å². The third kappa shape index (κ3) is 2.13. The van der Waals surface area contributed by atoms with E-state index in [1.165, 1.54) is 0 Å². The van der Waals surface area contributed by atoms with Gasteiger partial charge in [0.25, 0.3) is 0 Å². The van der Waals surface area contributed by atoms with Crippen LogP contribution in [-0.2, 0) is 0 Å². The maximum Gasteiger partial charge on any atom is 0.0468 e. The predicted octanol–water partition coefficient (Wildman–Crippen LogP) is 3.27. The van der Waals surface area contributed by atoms with Gasteiger partial charge in [0, 0.05) is 16.1 Å². The van der Waals surface area contributed by atoms with Crippen molar-refractivity contribution >= 4 is 23.2 Å². The molecule has 1 rings (SSSR count). The van der Waals surface area contributed by atoms with E-state index in [4.69, 9.17) is 23.2 Å². The molecule has 12 heavy (non-hydrogen) atoms. The highest BCUT2D eigenvalue weighted by atomic mass is 35.5. The van der Waals surface area contributed by atoms with Crippen molar-refractivity contribution in [2.45, 2.75) is 13.0 Å². The average molecular weight is 204 g/mol. The molecule has 0 aliphatic carbocycles. The molecule has 0 spiro atoms. The molecular weight excluding hydrogens is 193 g/mol. The van der Waals surface area contributed by atoms with Crippen LogP contribution in [0.2, 0.25) is 10.0 Å². The minimum Gasteiger partial charge on any atom is -0.313 e. The van der Waals surface area contributed by atoms with Gasteiger partial charge in [-0.15, -0.1) is 0 Å². The second-order valence-electron chi connectivity index (χ2n) is 2.68. The molecule has 1 aromatic rings. The first kappa shape index (κ1) is 9.85. The Morgan fingerprint density at radius 3 is 2.50 bits per heavy atom. The normalized spacial score (nSPS) is 13.0. The van der Waals surface area contributed by atoms with Crippen molar-refractivity contribution in [1.82, 2.24) is 5.32 Å². The van der Waals surface area contributed by atoms with Gasteiger partial charge in [0.15, 0.2) is 0 Å². The number of rotatable bonds is 2. The lowest BCUT2D eigenvalue weighted by Crippen LogP contribution is -2.12. The first-order chi connectivity index (χ1) is 5.65. The molecule has 0 bridgehead atoms. The third-order valence-electron chi connectivity index (χ3n) is 1.86. The fourth-order valence-corrected chi connectivity index (χ4v) is 1.58. The second-order valence-corrected chi connectivity index (χ2v) is 3.52. The van der Waals surface area contributed by atoms with E-state index in [2.05, 4.69) is 12.2 Å². The molecule has 0 saturated heterocycles. The highest BCUT2D eigenvalue weighted by Gasteiger charge is 2.06. The molecule has 1 N–H and O–H groups in total. The Hall–Kier alpha value is -0.240. The van der Waals surface area contributed by atoms with Gasteiger partial charge in [0.1, 0.15) is 0 Å². The molecule has 1 aromatic carbocycles. The van der Waals surface area contributed by atoms with Crippen molar-refractivity contribution in [2.75, 3.05) is 7.05 Å². The van der Waals surface area contributed by atoms with Gasteiger partial charge in [-0.25, -0.2) is 0 Å². The van der Waals surface area contributed by atoms with Crippen LogP contribution in [-0.4, -0.2) is 7.05 Å². The molecule has 1 nitrogen and oxygen atoms in total. The summed E-state index contributed by atoms with van der Waals surface area (Å²) in [7, 11) is 1.90. The number of hydrogen-bond acceptors (Lipinski definition) is 1. The average Bonchev–Trinajstić information content (AvgIpc) is 2.03. The molecule has 0 aliphatic heterocycles. The summed E-state index contributed by atoms with van der Waals surface area (Å²) in [4.78, 5) is 0. The fraction of sp³-hybridized carbons (Fsp3) is 0.333. The molecule has 0 amide bonds. The molecule has 0 radical (unpaired) electrons. The van der Waals surface area contributed by atoms with Gasteiger partial charge in [-0.2, -0.15) is 0 Å². The summed E-state index contributed by atoms with van der Waals surface area (Å²) < 4.78 is 0. The Morgan fingerprint density at radius 1 is 1.33 bits per heavy atom. The van der Waals surface area contributed by atoms with Crippen LogP contribution in [0.5, 0.6) is 0 Å². The predicted molar refractivity (Wildman–Crippen MR) is 53.9 cm³/mol. The Morgan fingerprint density at radius 2 is 2.00 bits per heavy atom. The zero-order chi connectivity index (χ0) is 9.14. The minimum absolute atomic E-state index is 0.259. The molecule has 3 heteroatoms.